The Morgan fingerprint density at radius 2 is 1.62 bits per heavy atom. The van der Waals surface area contributed by atoms with Crippen LogP contribution < -0.4 is 0 Å². The molecule has 0 aliphatic carbocycles. The first-order chi connectivity index (χ1) is 11.9. The summed E-state index contributed by atoms with van der Waals surface area (Å²) < 4.78 is 11.1. The minimum absolute atomic E-state index is 0.192. The van der Waals surface area contributed by atoms with Crippen molar-refractivity contribution in [1.82, 2.24) is 4.90 Å². The number of likely N-dealkylation sites (tertiary alicyclic amines) is 1. The highest BCUT2D eigenvalue weighted by Gasteiger charge is 2.45. The van der Waals surface area contributed by atoms with E-state index in [1.54, 1.807) is 4.90 Å². The molecule has 144 valence electrons. The fourth-order valence-electron chi connectivity index (χ4n) is 3.19. The van der Waals surface area contributed by atoms with E-state index < -0.39 is 23.3 Å². The maximum absolute atomic E-state index is 12.9. The summed E-state index contributed by atoms with van der Waals surface area (Å²) in [6, 6.07) is 7.21. The van der Waals surface area contributed by atoms with Crippen LogP contribution in [0.4, 0.5) is 4.79 Å². The van der Waals surface area contributed by atoms with E-state index in [4.69, 9.17) is 9.47 Å². The molecule has 0 spiro atoms. The van der Waals surface area contributed by atoms with E-state index in [1.165, 1.54) is 0 Å². The summed E-state index contributed by atoms with van der Waals surface area (Å²) in [5.74, 6) is -0.376. The van der Waals surface area contributed by atoms with Crippen LogP contribution in [0.5, 0.6) is 0 Å². The van der Waals surface area contributed by atoms with Crippen LogP contribution in [0.1, 0.15) is 71.6 Å². The van der Waals surface area contributed by atoms with Crippen LogP contribution in [0.15, 0.2) is 24.3 Å². The van der Waals surface area contributed by atoms with Crippen LogP contribution in [-0.4, -0.2) is 34.2 Å². The summed E-state index contributed by atoms with van der Waals surface area (Å²) in [6.45, 7) is 13.0. The molecule has 1 aliphatic heterocycles. The van der Waals surface area contributed by atoms with Crippen LogP contribution in [-0.2, 0) is 14.3 Å². The molecule has 26 heavy (non-hydrogen) atoms. The zero-order valence-electron chi connectivity index (χ0n) is 17.0. The topological polar surface area (TPSA) is 55.8 Å². The molecule has 1 heterocycles. The first-order valence-electron chi connectivity index (χ1n) is 9.18. The number of amides is 1. The van der Waals surface area contributed by atoms with E-state index >= 15 is 0 Å². The molecule has 1 aromatic rings. The van der Waals surface area contributed by atoms with Crippen LogP contribution in [0, 0.1) is 6.92 Å². The molecule has 5 heteroatoms. The summed E-state index contributed by atoms with van der Waals surface area (Å²) in [7, 11) is 0. The molecule has 1 amide bonds. The molecule has 0 bridgehead atoms. The fourth-order valence-corrected chi connectivity index (χ4v) is 3.19. The van der Waals surface area contributed by atoms with Gasteiger partial charge in [0.2, 0.25) is 0 Å². The number of benzene rings is 1. The van der Waals surface area contributed by atoms with Gasteiger partial charge in [-0.25, -0.2) is 9.59 Å². The zero-order chi connectivity index (χ0) is 19.7. The maximum Gasteiger partial charge on any atom is 0.411 e. The molecule has 1 saturated heterocycles. The number of esters is 1. The van der Waals surface area contributed by atoms with Gasteiger partial charge in [-0.3, -0.25) is 4.90 Å². The summed E-state index contributed by atoms with van der Waals surface area (Å²) in [5.41, 5.74) is 0.905. The highest BCUT2D eigenvalue weighted by atomic mass is 16.6. The quantitative estimate of drug-likeness (QED) is 0.712. The third kappa shape index (κ3) is 5.23. The molecule has 0 aromatic heterocycles. The van der Waals surface area contributed by atoms with Crippen molar-refractivity contribution in [2.75, 3.05) is 0 Å². The van der Waals surface area contributed by atoms with Gasteiger partial charge in [0.25, 0.3) is 0 Å². The Labute approximate surface area is 156 Å². The summed E-state index contributed by atoms with van der Waals surface area (Å²) in [6.07, 6.45) is 0.789. The molecular formula is C21H31NO4. The van der Waals surface area contributed by atoms with E-state index in [0.29, 0.717) is 12.8 Å². The Bertz CT molecular complexity index is 669. The number of carbonyl (C=O) groups is 2. The molecule has 0 N–H and O–H groups in total. The molecule has 0 saturated carbocycles. The average molecular weight is 361 g/mol. The predicted octanol–water partition coefficient (Wildman–Crippen LogP) is 4.78. The Hall–Kier alpha value is -2.04. The van der Waals surface area contributed by atoms with Crippen LogP contribution in [0.2, 0.25) is 0 Å². The molecule has 2 atom stereocenters. The number of aryl methyl sites for hydroxylation is 1. The smallest absolute Gasteiger partial charge is 0.411 e. The predicted molar refractivity (Wildman–Crippen MR) is 101 cm³/mol. The number of hydrogen-bond donors (Lipinski definition) is 0. The summed E-state index contributed by atoms with van der Waals surface area (Å²) >= 11 is 0. The van der Waals surface area contributed by atoms with E-state index in [0.717, 1.165) is 11.1 Å². The lowest BCUT2D eigenvalue weighted by Crippen LogP contribution is -2.46. The highest BCUT2D eigenvalue weighted by Crippen LogP contribution is 2.38. The average Bonchev–Trinajstić information content (AvgIpc) is 2.88. The fraction of sp³-hybridized carbons (Fsp3) is 0.619. The molecule has 5 nitrogen and oxygen atoms in total. The molecule has 2 unspecified atom stereocenters. The standard InChI is InChI=1S/C21H31NO4/c1-14-9-8-10-15(13-14)16-11-12-17(18(23)25-20(2,3)4)22(16)19(24)26-21(5,6)7/h8-10,13,16-17H,11-12H2,1-7H3. The zero-order valence-corrected chi connectivity index (χ0v) is 17.0. The van der Waals surface area contributed by atoms with Gasteiger partial charge in [-0.05, 0) is 66.9 Å². The number of rotatable bonds is 2. The lowest BCUT2D eigenvalue weighted by molar-refractivity contribution is -0.160. The Morgan fingerprint density at radius 1 is 1.00 bits per heavy atom. The lowest BCUT2D eigenvalue weighted by Gasteiger charge is -2.33. The van der Waals surface area contributed by atoms with Crippen LogP contribution in [0.3, 0.4) is 0 Å². The van der Waals surface area contributed by atoms with Gasteiger partial charge in [-0.2, -0.15) is 0 Å². The van der Waals surface area contributed by atoms with Crippen molar-refractivity contribution in [2.45, 2.75) is 84.6 Å². The third-order valence-electron chi connectivity index (χ3n) is 4.10. The van der Waals surface area contributed by atoms with Gasteiger partial charge in [0.1, 0.15) is 17.2 Å². The minimum Gasteiger partial charge on any atom is -0.458 e. The van der Waals surface area contributed by atoms with Gasteiger partial charge in [-0.15, -0.1) is 0 Å². The van der Waals surface area contributed by atoms with Crippen molar-refractivity contribution in [3.05, 3.63) is 35.4 Å². The summed E-state index contributed by atoms with van der Waals surface area (Å²) in [4.78, 5) is 27.2. The largest absolute Gasteiger partial charge is 0.458 e. The van der Waals surface area contributed by atoms with Crippen molar-refractivity contribution in [3.63, 3.8) is 0 Å². The van der Waals surface area contributed by atoms with Crippen molar-refractivity contribution in [2.24, 2.45) is 0 Å². The van der Waals surface area contributed by atoms with Gasteiger partial charge in [0.05, 0.1) is 6.04 Å². The van der Waals surface area contributed by atoms with E-state index in [-0.39, 0.29) is 12.0 Å². The minimum atomic E-state index is -0.630. The maximum atomic E-state index is 12.9. The SMILES string of the molecule is Cc1cccc(C2CCC(C(=O)OC(C)(C)C)N2C(=O)OC(C)(C)C)c1. The molecule has 1 aromatic carbocycles. The Morgan fingerprint density at radius 3 is 2.15 bits per heavy atom. The van der Waals surface area contributed by atoms with Crippen molar-refractivity contribution in [3.8, 4) is 0 Å². The van der Waals surface area contributed by atoms with Gasteiger partial charge >= 0.3 is 12.1 Å². The molecule has 1 aliphatic rings. The van der Waals surface area contributed by atoms with Gasteiger partial charge < -0.3 is 9.47 Å². The van der Waals surface area contributed by atoms with E-state index in [9.17, 15) is 9.59 Å². The van der Waals surface area contributed by atoms with Gasteiger partial charge in [0, 0.05) is 0 Å². The first kappa shape index (κ1) is 20.3. The van der Waals surface area contributed by atoms with Crippen molar-refractivity contribution >= 4 is 12.1 Å². The normalized spacial score (nSPS) is 20.8. The van der Waals surface area contributed by atoms with Crippen molar-refractivity contribution in [1.29, 1.82) is 0 Å². The highest BCUT2D eigenvalue weighted by molar-refractivity contribution is 5.83. The number of carbonyl (C=O) groups excluding carboxylic acids is 2. The number of ether oxygens (including phenoxy) is 2. The molecular weight excluding hydrogens is 330 g/mol. The first-order valence-corrected chi connectivity index (χ1v) is 9.18. The molecule has 1 fully saturated rings. The lowest BCUT2D eigenvalue weighted by atomic mass is 10.0. The van der Waals surface area contributed by atoms with E-state index in [2.05, 4.69) is 6.07 Å². The van der Waals surface area contributed by atoms with Crippen LogP contribution >= 0.6 is 0 Å². The molecule has 2 rings (SSSR count). The summed E-state index contributed by atoms with van der Waals surface area (Å²) in [5, 5.41) is 0. The molecule has 0 radical (unpaired) electrons. The number of hydrogen-bond acceptors (Lipinski definition) is 4. The Kier molecular flexibility index (Phi) is 5.69. The second kappa shape index (κ2) is 7.29. The van der Waals surface area contributed by atoms with Crippen molar-refractivity contribution < 1.29 is 19.1 Å². The monoisotopic (exact) mass is 361 g/mol. The Balaban J connectivity index is 2.34. The van der Waals surface area contributed by atoms with E-state index in [1.807, 2.05) is 66.7 Å². The third-order valence-corrected chi connectivity index (χ3v) is 4.10. The van der Waals surface area contributed by atoms with Gasteiger partial charge in [-0.1, -0.05) is 29.8 Å². The number of nitrogens with zero attached hydrogens (tertiary/aromatic N) is 1. The van der Waals surface area contributed by atoms with Gasteiger partial charge in [0.15, 0.2) is 0 Å². The second-order valence-electron chi connectivity index (χ2n) is 8.94. The second-order valence-corrected chi connectivity index (χ2v) is 8.94. The van der Waals surface area contributed by atoms with Crippen LogP contribution in [0.25, 0.3) is 0 Å².